The topological polar surface area (TPSA) is 67.9 Å². The molecular formula is C18H18N2O4. The Balaban J connectivity index is 1.64. The van der Waals surface area contributed by atoms with Crippen LogP contribution in [0.3, 0.4) is 0 Å². The molecule has 1 aliphatic rings. The molecule has 124 valence electrons. The first-order valence-electron chi connectivity index (χ1n) is 7.72. The van der Waals surface area contributed by atoms with Crippen LogP contribution in [0, 0.1) is 0 Å². The monoisotopic (exact) mass is 326 g/mol. The number of anilines is 2. The number of ether oxygens (including phenoxy) is 2. The predicted molar refractivity (Wildman–Crippen MR) is 90.5 cm³/mol. The molecule has 1 N–H and O–H groups in total. The third-order valence-electron chi connectivity index (χ3n) is 3.62. The van der Waals surface area contributed by atoms with Crippen molar-refractivity contribution in [3.63, 3.8) is 0 Å². The van der Waals surface area contributed by atoms with Gasteiger partial charge in [-0.05, 0) is 31.2 Å². The second-order valence-corrected chi connectivity index (χ2v) is 5.26. The van der Waals surface area contributed by atoms with E-state index < -0.39 is 0 Å². The van der Waals surface area contributed by atoms with E-state index in [0.29, 0.717) is 29.4 Å². The number of fused-ring (bicyclic) bond motifs is 1. The van der Waals surface area contributed by atoms with Crippen LogP contribution in [0.1, 0.15) is 6.92 Å². The zero-order chi connectivity index (χ0) is 16.9. The molecule has 1 aliphatic heterocycles. The summed E-state index contributed by atoms with van der Waals surface area (Å²) in [6.07, 6.45) is 0. The summed E-state index contributed by atoms with van der Waals surface area (Å²) in [4.78, 5) is 25.4. The van der Waals surface area contributed by atoms with E-state index in [1.54, 1.807) is 35.2 Å². The molecule has 6 heteroatoms. The summed E-state index contributed by atoms with van der Waals surface area (Å²) in [6, 6.07) is 14.4. The van der Waals surface area contributed by atoms with E-state index in [0.717, 1.165) is 0 Å². The second kappa shape index (κ2) is 7.04. The maximum absolute atomic E-state index is 12.0. The minimum absolute atomic E-state index is 0.00928. The lowest BCUT2D eigenvalue weighted by Gasteiger charge is -2.28. The van der Waals surface area contributed by atoms with Gasteiger partial charge in [0.2, 0.25) is 0 Å². The molecule has 3 rings (SSSR count). The number of carbonyl (C=O) groups excluding carboxylic acids is 2. The molecule has 2 aromatic rings. The zero-order valence-electron chi connectivity index (χ0n) is 13.3. The van der Waals surface area contributed by atoms with Gasteiger partial charge in [0.15, 0.2) is 13.2 Å². The summed E-state index contributed by atoms with van der Waals surface area (Å²) < 4.78 is 10.9. The van der Waals surface area contributed by atoms with Gasteiger partial charge in [-0.15, -0.1) is 0 Å². The molecule has 0 unspecified atom stereocenters. The minimum atomic E-state index is -0.266. The van der Waals surface area contributed by atoms with E-state index in [4.69, 9.17) is 9.47 Å². The molecule has 0 spiro atoms. The summed E-state index contributed by atoms with van der Waals surface area (Å²) in [5, 5.41) is 2.76. The average molecular weight is 326 g/mol. The number of hydrogen-bond donors (Lipinski definition) is 1. The van der Waals surface area contributed by atoms with E-state index >= 15 is 0 Å². The number of nitrogens with one attached hydrogen (secondary N) is 1. The van der Waals surface area contributed by atoms with E-state index in [1.165, 1.54) is 0 Å². The highest BCUT2D eigenvalue weighted by Crippen LogP contribution is 2.34. The molecular weight excluding hydrogens is 308 g/mol. The highest BCUT2D eigenvalue weighted by atomic mass is 16.5. The van der Waals surface area contributed by atoms with Crippen molar-refractivity contribution in [1.29, 1.82) is 0 Å². The highest BCUT2D eigenvalue weighted by Gasteiger charge is 2.24. The van der Waals surface area contributed by atoms with E-state index in [2.05, 4.69) is 5.32 Å². The summed E-state index contributed by atoms with van der Waals surface area (Å²) in [6.45, 7) is 2.41. The molecule has 6 nitrogen and oxygen atoms in total. The number of rotatable bonds is 5. The van der Waals surface area contributed by atoms with Crippen molar-refractivity contribution in [1.82, 2.24) is 0 Å². The fourth-order valence-corrected chi connectivity index (χ4v) is 2.49. The first kappa shape index (κ1) is 15.9. The van der Waals surface area contributed by atoms with Crippen molar-refractivity contribution in [2.75, 3.05) is 30.0 Å². The highest BCUT2D eigenvalue weighted by molar-refractivity contribution is 5.99. The van der Waals surface area contributed by atoms with Crippen molar-refractivity contribution in [3.05, 3.63) is 48.5 Å². The standard InChI is InChI=1S/C18H18N2O4/c1-2-20-15-9-8-13(10-16(15)24-12-18(20)22)19-17(21)11-23-14-6-4-3-5-7-14/h3-10H,2,11-12H2,1H3,(H,19,21). The summed E-state index contributed by atoms with van der Waals surface area (Å²) in [5.41, 5.74) is 1.31. The van der Waals surface area contributed by atoms with Crippen LogP contribution in [-0.4, -0.2) is 31.6 Å². The molecule has 0 fully saturated rings. The smallest absolute Gasteiger partial charge is 0.265 e. The number of benzene rings is 2. The largest absolute Gasteiger partial charge is 0.484 e. The van der Waals surface area contributed by atoms with Crippen LogP contribution in [0.5, 0.6) is 11.5 Å². The number of hydrogen-bond acceptors (Lipinski definition) is 4. The lowest BCUT2D eigenvalue weighted by atomic mass is 10.2. The van der Waals surface area contributed by atoms with Gasteiger partial charge in [-0.2, -0.15) is 0 Å². The van der Waals surface area contributed by atoms with Gasteiger partial charge in [-0.25, -0.2) is 0 Å². The van der Waals surface area contributed by atoms with Crippen molar-refractivity contribution < 1.29 is 19.1 Å². The lowest BCUT2D eigenvalue weighted by Crippen LogP contribution is -2.38. The molecule has 2 amide bonds. The zero-order valence-corrected chi connectivity index (χ0v) is 13.3. The Morgan fingerprint density at radius 3 is 2.79 bits per heavy atom. The molecule has 0 atom stereocenters. The molecule has 0 saturated heterocycles. The third kappa shape index (κ3) is 3.48. The Labute approximate surface area is 140 Å². The summed E-state index contributed by atoms with van der Waals surface area (Å²) >= 11 is 0. The Bertz CT molecular complexity index is 746. The van der Waals surface area contributed by atoms with E-state index in [9.17, 15) is 9.59 Å². The fourth-order valence-electron chi connectivity index (χ4n) is 2.49. The lowest BCUT2D eigenvalue weighted by molar-refractivity contribution is -0.121. The van der Waals surface area contributed by atoms with Crippen molar-refractivity contribution in [3.8, 4) is 11.5 Å². The van der Waals surface area contributed by atoms with Gasteiger partial charge in [-0.1, -0.05) is 18.2 Å². The van der Waals surface area contributed by atoms with Crippen LogP contribution in [0.4, 0.5) is 11.4 Å². The van der Waals surface area contributed by atoms with Gasteiger partial charge in [-0.3, -0.25) is 9.59 Å². The van der Waals surface area contributed by atoms with Gasteiger partial charge >= 0.3 is 0 Å². The van der Waals surface area contributed by atoms with Crippen LogP contribution >= 0.6 is 0 Å². The van der Waals surface area contributed by atoms with Crippen molar-refractivity contribution in [2.24, 2.45) is 0 Å². The van der Waals surface area contributed by atoms with Crippen LogP contribution in [0.2, 0.25) is 0 Å². The maximum Gasteiger partial charge on any atom is 0.265 e. The first-order valence-corrected chi connectivity index (χ1v) is 7.72. The molecule has 0 bridgehead atoms. The Hall–Kier alpha value is -3.02. The quantitative estimate of drug-likeness (QED) is 0.916. The maximum atomic E-state index is 12.0. The van der Waals surface area contributed by atoms with Crippen LogP contribution < -0.4 is 19.7 Å². The third-order valence-corrected chi connectivity index (χ3v) is 3.62. The molecule has 1 heterocycles. The number of nitrogens with zero attached hydrogens (tertiary/aromatic N) is 1. The van der Waals surface area contributed by atoms with E-state index in [-0.39, 0.29) is 25.0 Å². The molecule has 2 aromatic carbocycles. The first-order chi connectivity index (χ1) is 11.7. The van der Waals surface area contributed by atoms with Gasteiger partial charge in [0.1, 0.15) is 11.5 Å². The van der Waals surface area contributed by atoms with Gasteiger partial charge in [0.25, 0.3) is 11.8 Å². The van der Waals surface area contributed by atoms with Gasteiger partial charge in [0.05, 0.1) is 5.69 Å². The van der Waals surface area contributed by atoms with Gasteiger partial charge in [0, 0.05) is 18.3 Å². The van der Waals surface area contributed by atoms with Crippen LogP contribution in [0.15, 0.2) is 48.5 Å². The molecule has 24 heavy (non-hydrogen) atoms. The van der Waals surface area contributed by atoms with Gasteiger partial charge < -0.3 is 19.7 Å². The Morgan fingerprint density at radius 2 is 2.04 bits per heavy atom. The minimum Gasteiger partial charge on any atom is -0.484 e. The number of amides is 2. The molecule has 0 aromatic heterocycles. The normalized spacial score (nSPS) is 13.0. The number of carbonyl (C=O) groups is 2. The molecule has 0 saturated carbocycles. The number of para-hydroxylation sites is 1. The van der Waals surface area contributed by atoms with E-state index in [1.807, 2.05) is 25.1 Å². The van der Waals surface area contributed by atoms with Crippen molar-refractivity contribution >= 4 is 23.2 Å². The predicted octanol–water partition coefficient (Wildman–Crippen LogP) is 2.45. The van der Waals surface area contributed by atoms with Crippen LogP contribution in [0.25, 0.3) is 0 Å². The van der Waals surface area contributed by atoms with Crippen molar-refractivity contribution in [2.45, 2.75) is 6.92 Å². The number of likely N-dealkylation sites (N-methyl/N-ethyl adjacent to an activating group) is 1. The second-order valence-electron chi connectivity index (χ2n) is 5.26. The molecule has 0 aliphatic carbocycles. The van der Waals surface area contributed by atoms with Crippen LogP contribution in [-0.2, 0) is 9.59 Å². The Morgan fingerprint density at radius 1 is 1.25 bits per heavy atom. The summed E-state index contributed by atoms with van der Waals surface area (Å²) in [7, 11) is 0. The molecule has 0 radical (unpaired) electrons. The average Bonchev–Trinajstić information content (AvgIpc) is 2.61. The Kier molecular flexibility index (Phi) is 4.65. The SMILES string of the molecule is CCN1C(=O)COc2cc(NC(=O)COc3ccccc3)ccc21. The fraction of sp³-hybridized carbons (Fsp3) is 0.222. The summed E-state index contributed by atoms with van der Waals surface area (Å²) in [5.74, 6) is 0.882.